The first-order chi connectivity index (χ1) is 7.99. The molecule has 0 aromatic heterocycles. The predicted molar refractivity (Wildman–Crippen MR) is 61.9 cm³/mol. The molecule has 1 aliphatic rings. The SMILES string of the molecule is O=C1C=C(c2ccc([N+](=O)[O-])cc2Br)C(=O)N1. The lowest BCUT2D eigenvalue weighted by molar-refractivity contribution is -0.384. The maximum absolute atomic E-state index is 11.4. The highest BCUT2D eigenvalue weighted by Crippen LogP contribution is 2.29. The van der Waals surface area contributed by atoms with Gasteiger partial charge in [0.15, 0.2) is 0 Å². The molecule has 7 heteroatoms. The molecule has 0 bridgehead atoms. The fraction of sp³-hybridized carbons (Fsp3) is 0. The Balaban J connectivity index is 2.48. The number of carbonyl (C=O) groups is 2. The van der Waals surface area contributed by atoms with Crippen molar-refractivity contribution in [3.8, 4) is 0 Å². The highest BCUT2D eigenvalue weighted by molar-refractivity contribution is 9.10. The van der Waals surface area contributed by atoms with Gasteiger partial charge in [-0.3, -0.25) is 25.0 Å². The van der Waals surface area contributed by atoms with Crippen LogP contribution in [0.4, 0.5) is 5.69 Å². The van der Waals surface area contributed by atoms with E-state index in [9.17, 15) is 19.7 Å². The monoisotopic (exact) mass is 296 g/mol. The average molecular weight is 297 g/mol. The molecule has 0 unspecified atom stereocenters. The molecule has 2 amide bonds. The third-order valence-electron chi connectivity index (χ3n) is 2.21. The Kier molecular flexibility index (Phi) is 2.76. The summed E-state index contributed by atoms with van der Waals surface area (Å²) in [6.45, 7) is 0. The molecule has 17 heavy (non-hydrogen) atoms. The molecule has 1 heterocycles. The van der Waals surface area contributed by atoms with E-state index >= 15 is 0 Å². The quantitative estimate of drug-likeness (QED) is 0.507. The Labute approximate surface area is 104 Å². The number of amides is 2. The Hall–Kier alpha value is -2.02. The smallest absolute Gasteiger partial charge is 0.270 e. The van der Waals surface area contributed by atoms with Gasteiger partial charge in [0.1, 0.15) is 0 Å². The average Bonchev–Trinajstić information content (AvgIpc) is 2.57. The number of nitrogens with one attached hydrogen (secondary N) is 1. The van der Waals surface area contributed by atoms with Gasteiger partial charge in [0.25, 0.3) is 17.5 Å². The van der Waals surface area contributed by atoms with Gasteiger partial charge >= 0.3 is 0 Å². The van der Waals surface area contributed by atoms with Crippen LogP contribution in [0.1, 0.15) is 5.56 Å². The van der Waals surface area contributed by atoms with Gasteiger partial charge in [-0.25, -0.2) is 0 Å². The van der Waals surface area contributed by atoms with Gasteiger partial charge in [0, 0.05) is 28.2 Å². The van der Waals surface area contributed by atoms with Crippen molar-refractivity contribution in [2.75, 3.05) is 0 Å². The van der Waals surface area contributed by atoms with Crippen LogP contribution >= 0.6 is 15.9 Å². The van der Waals surface area contributed by atoms with Crippen LogP contribution in [0.15, 0.2) is 28.7 Å². The van der Waals surface area contributed by atoms with Crippen molar-refractivity contribution >= 4 is 39.0 Å². The van der Waals surface area contributed by atoms with Crippen molar-refractivity contribution in [3.63, 3.8) is 0 Å². The number of imide groups is 1. The fourth-order valence-electron chi connectivity index (χ4n) is 1.45. The van der Waals surface area contributed by atoms with Crippen LogP contribution in [0.5, 0.6) is 0 Å². The normalized spacial score (nSPS) is 14.5. The Morgan fingerprint density at radius 1 is 1.29 bits per heavy atom. The van der Waals surface area contributed by atoms with Gasteiger partial charge in [-0.15, -0.1) is 0 Å². The Morgan fingerprint density at radius 2 is 2.00 bits per heavy atom. The lowest BCUT2D eigenvalue weighted by atomic mass is 10.1. The first kappa shape index (κ1) is 11.5. The summed E-state index contributed by atoms with van der Waals surface area (Å²) in [4.78, 5) is 32.4. The van der Waals surface area contributed by atoms with Gasteiger partial charge < -0.3 is 0 Å². The zero-order chi connectivity index (χ0) is 12.6. The number of halogens is 1. The standard InChI is InChI=1S/C10H5BrN2O4/c11-8-3-5(13(16)17)1-2-6(8)7-4-9(14)12-10(7)15/h1-4H,(H,12,14,15). The van der Waals surface area contributed by atoms with Crippen molar-refractivity contribution in [3.05, 3.63) is 44.4 Å². The van der Waals surface area contributed by atoms with E-state index in [1.165, 1.54) is 18.2 Å². The lowest BCUT2D eigenvalue weighted by Crippen LogP contribution is -2.21. The zero-order valence-electron chi connectivity index (χ0n) is 8.27. The first-order valence-electron chi connectivity index (χ1n) is 4.50. The molecule has 1 aliphatic heterocycles. The topological polar surface area (TPSA) is 89.3 Å². The second-order valence-corrected chi connectivity index (χ2v) is 4.15. The van der Waals surface area contributed by atoms with Gasteiger partial charge in [-0.05, 0) is 22.0 Å². The second-order valence-electron chi connectivity index (χ2n) is 3.30. The maximum Gasteiger partial charge on any atom is 0.270 e. The summed E-state index contributed by atoms with van der Waals surface area (Å²) in [5.74, 6) is -1.00. The molecule has 1 N–H and O–H groups in total. The molecule has 0 radical (unpaired) electrons. The summed E-state index contributed by atoms with van der Waals surface area (Å²) in [6.07, 6.45) is 1.16. The summed E-state index contributed by atoms with van der Waals surface area (Å²) >= 11 is 3.14. The summed E-state index contributed by atoms with van der Waals surface area (Å²) in [7, 11) is 0. The molecular weight excluding hydrogens is 292 g/mol. The second kappa shape index (κ2) is 4.10. The molecular formula is C10H5BrN2O4. The van der Waals surface area contributed by atoms with E-state index in [4.69, 9.17) is 0 Å². The largest absolute Gasteiger partial charge is 0.289 e. The van der Waals surface area contributed by atoms with Crippen molar-refractivity contribution in [1.82, 2.24) is 5.32 Å². The highest BCUT2D eigenvalue weighted by atomic mass is 79.9. The molecule has 0 atom stereocenters. The summed E-state index contributed by atoms with van der Waals surface area (Å²) in [5.41, 5.74) is 0.543. The summed E-state index contributed by atoms with van der Waals surface area (Å²) in [6, 6.07) is 3.98. The van der Waals surface area contributed by atoms with E-state index in [1.54, 1.807) is 0 Å². The first-order valence-corrected chi connectivity index (χ1v) is 5.29. The molecule has 0 saturated heterocycles. The molecule has 0 fully saturated rings. The Morgan fingerprint density at radius 3 is 2.47 bits per heavy atom. The molecule has 0 saturated carbocycles. The summed E-state index contributed by atoms with van der Waals surface area (Å²) in [5, 5.41) is 12.6. The van der Waals surface area contributed by atoms with Crippen molar-refractivity contribution in [2.45, 2.75) is 0 Å². The fourth-order valence-corrected chi connectivity index (χ4v) is 2.03. The van der Waals surface area contributed by atoms with E-state index < -0.39 is 16.7 Å². The number of nitrogens with zero attached hydrogens (tertiary/aromatic N) is 1. The summed E-state index contributed by atoms with van der Waals surface area (Å²) < 4.78 is 0.391. The number of non-ortho nitro benzene ring substituents is 1. The van der Waals surface area contributed by atoms with Gasteiger partial charge in [-0.2, -0.15) is 0 Å². The molecule has 1 aromatic carbocycles. The van der Waals surface area contributed by atoms with Crippen molar-refractivity contribution < 1.29 is 14.5 Å². The molecule has 2 rings (SSSR count). The van der Waals surface area contributed by atoms with Gasteiger partial charge in [0.05, 0.1) is 10.5 Å². The van der Waals surface area contributed by atoms with Crippen molar-refractivity contribution in [2.24, 2.45) is 0 Å². The minimum Gasteiger partial charge on any atom is -0.289 e. The lowest BCUT2D eigenvalue weighted by Gasteiger charge is -2.03. The van der Waals surface area contributed by atoms with E-state index in [0.717, 1.165) is 6.08 Å². The molecule has 0 aliphatic carbocycles. The molecule has 1 aromatic rings. The van der Waals surface area contributed by atoms with E-state index in [-0.39, 0.29) is 11.3 Å². The third kappa shape index (κ3) is 2.09. The zero-order valence-corrected chi connectivity index (χ0v) is 9.85. The number of hydrogen-bond donors (Lipinski definition) is 1. The van der Waals surface area contributed by atoms with Crippen LogP contribution in [0, 0.1) is 10.1 Å². The van der Waals surface area contributed by atoms with Crippen LogP contribution in [0.3, 0.4) is 0 Å². The number of nitro benzene ring substituents is 1. The molecule has 86 valence electrons. The van der Waals surface area contributed by atoms with E-state index in [1.807, 2.05) is 0 Å². The maximum atomic E-state index is 11.4. The number of hydrogen-bond acceptors (Lipinski definition) is 4. The van der Waals surface area contributed by atoms with E-state index in [0.29, 0.717) is 10.0 Å². The minimum absolute atomic E-state index is 0.0917. The van der Waals surface area contributed by atoms with Crippen LogP contribution in [-0.2, 0) is 9.59 Å². The number of rotatable bonds is 2. The van der Waals surface area contributed by atoms with Crippen LogP contribution < -0.4 is 5.32 Å². The van der Waals surface area contributed by atoms with Crippen LogP contribution in [0.25, 0.3) is 5.57 Å². The van der Waals surface area contributed by atoms with E-state index in [2.05, 4.69) is 21.2 Å². The van der Waals surface area contributed by atoms with Gasteiger partial charge in [-0.1, -0.05) is 0 Å². The number of carbonyl (C=O) groups excluding carboxylic acids is 2. The number of benzene rings is 1. The molecule has 6 nitrogen and oxygen atoms in total. The predicted octanol–water partition coefficient (Wildman–Crippen LogP) is 1.40. The third-order valence-corrected chi connectivity index (χ3v) is 2.87. The van der Waals surface area contributed by atoms with Crippen molar-refractivity contribution in [1.29, 1.82) is 0 Å². The van der Waals surface area contributed by atoms with Gasteiger partial charge in [0.2, 0.25) is 0 Å². The number of nitro groups is 1. The highest BCUT2D eigenvalue weighted by Gasteiger charge is 2.24. The minimum atomic E-state index is -0.539. The van der Waals surface area contributed by atoms with Crippen LogP contribution in [0.2, 0.25) is 0 Å². The van der Waals surface area contributed by atoms with Crippen LogP contribution in [-0.4, -0.2) is 16.7 Å². The Bertz CT molecular complexity index is 580. The molecule has 0 spiro atoms.